The second-order valence-corrected chi connectivity index (χ2v) is 6.20. The Morgan fingerprint density at radius 1 is 1.19 bits per heavy atom. The highest BCUT2D eigenvalue weighted by molar-refractivity contribution is 5.89. The van der Waals surface area contributed by atoms with Crippen LogP contribution < -0.4 is 0 Å². The monoisotopic (exact) mass is 373 g/mol. The van der Waals surface area contributed by atoms with Gasteiger partial charge in [-0.2, -0.15) is 0 Å². The number of carbonyl (C=O) groups is 2. The van der Waals surface area contributed by atoms with Gasteiger partial charge in [-0.25, -0.2) is 14.6 Å². The molecule has 0 radical (unpaired) electrons. The minimum absolute atomic E-state index is 0.115. The lowest BCUT2D eigenvalue weighted by atomic mass is 10.1. The van der Waals surface area contributed by atoms with Crippen molar-refractivity contribution in [3.63, 3.8) is 0 Å². The molecule has 0 spiro atoms. The van der Waals surface area contributed by atoms with Crippen LogP contribution >= 0.6 is 0 Å². The molecule has 0 amide bonds. The maximum Gasteiger partial charge on any atom is 0.363 e. The Balaban J connectivity index is 1.79. The fraction of sp³-hybridized carbons (Fsp3) is 0.421. The van der Waals surface area contributed by atoms with Crippen LogP contribution in [0.25, 0.3) is 0 Å². The number of carbonyl (C=O) groups excluding carboxylic acids is 2. The maximum absolute atomic E-state index is 12.8. The maximum atomic E-state index is 12.8. The smallest absolute Gasteiger partial charge is 0.363 e. The number of aromatic nitrogens is 2. The summed E-state index contributed by atoms with van der Waals surface area (Å²) in [6.45, 7) is 3.86. The van der Waals surface area contributed by atoms with Crippen molar-refractivity contribution in [3.8, 4) is 0 Å². The predicted octanol–water partition coefficient (Wildman–Crippen LogP) is 1.48. The summed E-state index contributed by atoms with van der Waals surface area (Å²) in [4.78, 5) is 30.8. The van der Waals surface area contributed by atoms with Crippen LogP contribution in [-0.4, -0.2) is 66.0 Å². The van der Waals surface area contributed by atoms with E-state index >= 15 is 0 Å². The first-order valence-corrected chi connectivity index (χ1v) is 8.79. The average molecular weight is 373 g/mol. The highest BCUT2D eigenvalue weighted by Crippen LogP contribution is 2.20. The highest BCUT2D eigenvalue weighted by Gasteiger charge is 2.33. The van der Waals surface area contributed by atoms with Crippen molar-refractivity contribution in [2.45, 2.75) is 19.2 Å². The summed E-state index contributed by atoms with van der Waals surface area (Å²) in [6.07, 6.45) is 1.91. The minimum Gasteiger partial charge on any atom is -0.465 e. The molecule has 3 rings (SSSR count). The Morgan fingerprint density at radius 2 is 1.89 bits per heavy atom. The van der Waals surface area contributed by atoms with Gasteiger partial charge >= 0.3 is 11.9 Å². The van der Waals surface area contributed by atoms with E-state index in [2.05, 4.69) is 4.98 Å². The minimum atomic E-state index is -1.11. The summed E-state index contributed by atoms with van der Waals surface area (Å²) in [7, 11) is 1.27. The molecule has 0 bridgehead atoms. The van der Waals surface area contributed by atoms with Crippen LogP contribution in [0.2, 0.25) is 0 Å². The summed E-state index contributed by atoms with van der Waals surface area (Å²) in [5.74, 6) is -1.25. The molecule has 2 heterocycles. The first-order chi connectivity index (χ1) is 13.1. The molecule has 8 heteroatoms. The molecule has 2 atom stereocenters. The van der Waals surface area contributed by atoms with Crippen LogP contribution in [0.4, 0.5) is 0 Å². The molecule has 2 unspecified atom stereocenters. The molecule has 144 valence electrons. The lowest BCUT2D eigenvalue weighted by Gasteiger charge is -2.31. The lowest BCUT2D eigenvalue weighted by Crippen LogP contribution is -2.50. The lowest BCUT2D eigenvalue weighted by molar-refractivity contribution is -0.166. The van der Waals surface area contributed by atoms with Gasteiger partial charge in [0.15, 0.2) is 0 Å². The van der Waals surface area contributed by atoms with Crippen molar-refractivity contribution in [2.75, 3.05) is 33.4 Å². The van der Waals surface area contributed by atoms with Gasteiger partial charge in [0.25, 0.3) is 6.23 Å². The predicted molar refractivity (Wildman–Crippen MR) is 96.1 cm³/mol. The molecule has 1 aromatic heterocycles. The van der Waals surface area contributed by atoms with E-state index in [1.807, 2.05) is 37.3 Å². The number of methoxy groups -OCH3 is 1. The SMILES string of the molecule is COC(=O)C(OC(=O)c1cncn1C(C)c1ccccc1)N1CCOCC1. The summed E-state index contributed by atoms with van der Waals surface area (Å²) >= 11 is 0. The van der Waals surface area contributed by atoms with E-state index in [1.54, 1.807) is 15.8 Å². The van der Waals surface area contributed by atoms with E-state index in [1.165, 1.54) is 13.3 Å². The third kappa shape index (κ3) is 4.35. The topological polar surface area (TPSA) is 82.9 Å². The number of benzene rings is 1. The van der Waals surface area contributed by atoms with E-state index in [-0.39, 0.29) is 11.7 Å². The fourth-order valence-corrected chi connectivity index (χ4v) is 3.01. The second-order valence-electron chi connectivity index (χ2n) is 6.20. The van der Waals surface area contributed by atoms with Crippen LogP contribution in [0.1, 0.15) is 29.0 Å². The number of rotatable bonds is 6. The molecule has 1 saturated heterocycles. The molecule has 27 heavy (non-hydrogen) atoms. The quantitative estimate of drug-likeness (QED) is 0.709. The van der Waals surface area contributed by atoms with Gasteiger partial charge in [-0.1, -0.05) is 30.3 Å². The Labute approximate surface area is 157 Å². The molecule has 1 aliphatic rings. The second kappa shape index (κ2) is 8.79. The number of esters is 2. The zero-order valence-electron chi connectivity index (χ0n) is 15.4. The number of hydrogen-bond donors (Lipinski definition) is 0. The van der Waals surface area contributed by atoms with Crippen LogP contribution in [0.5, 0.6) is 0 Å². The van der Waals surface area contributed by atoms with E-state index < -0.39 is 18.2 Å². The molecule has 8 nitrogen and oxygen atoms in total. The Morgan fingerprint density at radius 3 is 2.56 bits per heavy atom. The first kappa shape index (κ1) is 19.1. The molecule has 0 N–H and O–H groups in total. The van der Waals surface area contributed by atoms with Gasteiger partial charge < -0.3 is 18.8 Å². The Kier molecular flexibility index (Phi) is 6.20. The van der Waals surface area contributed by atoms with E-state index in [4.69, 9.17) is 14.2 Å². The summed E-state index contributed by atoms with van der Waals surface area (Å²) in [5, 5.41) is 0. The highest BCUT2D eigenvalue weighted by atomic mass is 16.6. The molecule has 1 aromatic carbocycles. The molecular formula is C19H23N3O5. The molecule has 2 aromatic rings. The number of nitrogens with zero attached hydrogens (tertiary/aromatic N) is 3. The molecular weight excluding hydrogens is 350 g/mol. The van der Waals surface area contributed by atoms with E-state index in [0.29, 0.717) is 26.3 Å². The van der Waals surface area contributed by atoms with Crippen LogP contribution in [0.15, 0.2) is 42.9 Å². The van der Waals surface area contributed by atoms with Crippen molar-refractivity contribution in [2.24, 2.45) is 0 Å². The largest absolute Gasteiger partial charge is 0.465 e. The van der Waals surface area contributed by atoms with Crippen molar-refractivity contribution in [3.05, 3.63) is 54.1 Å². The van der Waals surface area contributed by atoms with Crippen LogP contribution in [-0.2, 0) is 19.0 Å². The van der Waals surface area contributed by atoms with Crippen molar-refractivity contribution in [1.82, 2.24) is 14.5 Å². The van der Waals surface area contributed by atoms with Crippen molar-refractivity contribution >= 4 is 11.9 Å². The number of morpholine rings is 1. The number of hydrogen-bond acceptors (Lipinski definition) is 7. The van der Waals surface area contributed by atoms with Crippen LogP contribution in [0, 0.1) is 0 Å². The third-order valence-electron chi connectivity index (χ3n) is 4.57. The zero-order chi connectivity index (χ0) is 19.2. The van der Waals surface area contributed by atoms with Gasteiger partial charge in [-0.3, -0.25) is 4.90 Å². The summed E-state index contributed by atoms with van der Waals surface area (Å²) < 4.78 is 17.3. The van der Waals surface area contributed by atoms with Crippen LogP contribution in [0.3, 0.4) is 0 Å². The normalized spacial score (nSPS) is 17.1. The fourth-order valence-electron chi connectivity index (χ4n) is 3.01. The zero-order valence-corrected chi connectivity index (χ0v) is 15.4. The number of imidazole rings is 1. The van der Waals surface area contributed by atoms with Gasteiger partial charge in [-0.15, -0.1) is 0 Å². The molecule has 0 aliphatic carbocycles. The standard InChI is InChI=1S/C19H23N3O5/c1-14(15-6-4-3-5-7-15)22-13-20-12-16(22)18(23)27-17(19(24)25-2)21-8-10-26-11-9-21/h3-7,12-14,17H,8-11H2,1-2H3. The van der Waals surface area contributed by atoms with Crippen molar-refractivity contribution < 1.29 is 23.8 Å². The Bertz CT molecular complexity index is 771. The Hall–Kier alpha value is -2.71. The summed E-state index contributed by atoms with van der Waals surface area (Å²) in [5.41, 5.74) is 1.30. The first-order valence-electron chi connectivity index (χ1n) is 8.79. The van der Waals surface area contributed by atoms with Gasteiger partial charge in [0, 0.05) is 13.1 Å². The van der Waals surface area contributed by atoms with E-state index in [0.717, 1.165) is 5.56 Å². The average Bonchev–Trinajstić information content (AvgIpc) is 3.22. The van der Waals surface area contributed by atoms with Gasteiger partial charge in [-0.05, 0) is 12.5 Å². The molecule has 1 aliphatic heterocycles. The van der Waals surface area contributed by atoms with E-state index in [9.17, 15) is 9.59 Å². The van der Waals surface area contributed by atoms with Gasteiger partial charge in [0.05, 0.1) is 38.9 Å². The number of ether oxygens (including phenoxy) is 3. The van der Waals surface area contributed by atoms with Crippen molar-refractivity contribution in [1.29, 1.82) is 0 Å². The third-order valence-corrected chi connectivity index (χ3v) is 4.57. The van der Waals surface area contributed by atoms with Gasteiger partial charge in [0.2, 0.25) is 0 Å². The summed E-state index contributed by atoms with van der Waals surface area (Å²) in [6, 6.07) is 9.65. The van der Waals surface area contributed by atoms with Gasteiger partial charge in [0.1, 0.15) is 5.69 Å². The molecule has 1 fully saturated rings. The molecule has 0 saturated carbocycles.